The standard InChI is InChI=1S/C15H21NO/c1-3-16(4-2)14-10-8-13(9-11-14)15(17)12-6-5-7-12/h8-12H,3-7H2,1-2H3. The summed E-state index contributed by atoms with van der Waals surface area (Å²) >= 11 is 0. The van der Waals surface area contributed by atoms with Crippen molar-refractivity contribution in [2.75, 3.05) is 18.0 Å². The molecular formula is C15H21NO. The molecule has 0 amide bonds. The molecule has 0 unspecified atom stereocenters. The van der Waals surface area contributed by atoms with Crippen LogP contribution >= 0.6 is 0 Å². The lowest BCUT2D eigenvalue weighted by Crippen LogP contribution is -2.23. The van der Waals surface area contributed by atoms with E-state index in [-0.39, 0.29) is 0 Å². The van der Waals surface area contributed by atoms with Gasteiger partial charge < -0.3 is 4.90 Å². The van der Waals surface area contributed by atoms with Gasteiger partial charge >= 0.3 is 0 Å². The minimum absolute atomic E-state index is 0.300. The molecule has 1 aliphatic carbocycles. The Morgan fingerprint density at radius 1 is 1.18 bits per heavy atom. The summed E-state index contributed by atoms with van der Waals surface area (Å²) in [7, 11) is 0. The average molecular weight is 231 g/mol. The molecule has 2 rings (SSSR count). The summed E-state index contributed by atoms with van der Waals surface area (Å²) in [4.78, 5) is 14.3. The van der Waals surface area contributed by atoms with Crippen LogP contribution in [0.2, 0.25) is 0 Å². The molecule has 1 aromatic carbocycles. The summed E-state index contributed by atoms with van der Waals surface area (Å²) in [5.74, 6) is 0.636. The van der Waals surface area contributed by atoms with Crippen molar-refractivity contribution in [2.45, 2.75) is 33.1 Å². The van der Waals surface area contributed by atoms with Gasteiger partial charge in [-0.25, -0.2) is 0 Å². The highest BCUT2D eigenvalue weighted by molar-refractivity contribution is 5.98. The molecule has 0 saturated heterocycles. The van der Waals surface area contributed by atoms with Crippen LogP contribution in [0.4, 0.5) is 5.69 Å². The molecule has 1 fully saturated rings. The van der Waals surface area contributed by atoms with Crippen LogP contribution in [0.1, 0.15) is 43.5 Å². The Hall–Kier alpha value is -1.31. The number of carbonyl (C=O) groups is 1. The van der Waals surface area contributed by atoms with Crippen molar-refractivity contribution in [3.8, 4) is 0 Å². The van der Waals surface area contributed by atoms with E-state index in [9.17, 15) is 4.79 Å². The zero-order chi connectivity index (χ0) is 12.3. The number of nitrogens with zero attached hydrogens (tertiary/aromatic N) is 1. The number of hydrogen-bond acceptors (Lipinski definition) is 2. The van der Waals surface area contributed by atoms with Gasteiger partial charge in [-0.05, 0) is 51.0 Å². The molecule has 1 aromatic rings. The highest BCUT2D eigenvalue weighted by atomic mass is 16.1. The number of benzene rings is 1. The first-order chi connectivity index (χ1) is 8.26. The second-order valence-corrected chi connectivity index (χ2v) is 4.71. The van der Waals surface area contributed by atoms with E-state index >= 15 is 0 Å². The summed E-state index contributed by atoms with van der Waals surface area (Å²) in [5.41, 5.74) is 2.09. The van der Waals surface area contributed by atoms with Gasteiger partial charge in [0.15, 0.2) is 5.78 Å². The SMILES string of the molecule is CCN(CC)c1ccc(C(=O)C2CCC2)cc1. The van der Waals surface area contributed by atoms with Gasteiger partial charge in [0.25, 0.3) is 0 Å². The first-order valence-corrected chi connectivity index (χ1v) is 6.65. The van der Waals surface area contributed by atoms with E-state index in [4.69, 9.17) is 0 Å². The van der Waals surface area contributed by atoms with E-state index in [0.29, 0.717) is 11.7 Å². The van der Waals surface area contributed by atoms with Crippen LogP contribution in [-0.2, 0) is 0 Å². The first-order valence-electron chi connectivity index (χ1n) is 6.65. The molecule has 2 heteroatoms. The molecule has 0 spiro atoms. The van der Waals surface area contributed by atoms with Crippen molar-refractivity contribution in [2.24, 2.45) is 5.92 Å². The lowest BCUT2D eigenvalue weighted by Gasteiger charge is -2.24. The van der Waals surface area contributed by atoms with Gasteiger partial charge in [-0.15, -0.1) is 0 Å². The normalized spacial score (nSPS) is 15.4. The first kappa shape index (κ1) is 12.2. The van der Waals surface area contributed by atoms with E-state index in [1.165, 1.54) is 12.1 Å². The summed E-state index contributed by atoms with van der Waals surface area (Å²) in [5, 5.41) is 0. The lowest BCUT2D eigenvalue weighted by atomic mass is 9.80. The molecule has 0 aliphatic heterocycles. The monoisotopic (exact) mass is 231 g/mol. The van der Waals surface area contributed by atoms with Gasteiger partial charge in [-0.1, -0.05) is 6.42 Å². The quantitative estimate of drug-likeness (QED) is 0.723. The average Bonchev–Trinajstić information content (AvgIpc) is 2.29. The maximum absolute atomic E-state index is 12.0. The maximum Gasteiger partial charge on any atom is 0.165 e. The van der Waals surface area contributed by atoms with Gasteiger partial charge in [-0.2, -0.15) is 0 Å². The van der Waals surface area contributed by atoms with E-state index in [1.54, 1.807) is 0 Å². The molecular weight excluding hydrogens is 210 g/mol. The third-order valence-electron chi connectivity index (χ3n) is 3.76. The van der Waals surface area contributed by atoms with Crippen molar-refractivity contribution >= 4 is 11.5 Å². The fraction of sp³-hybridized carbons (Fsp3) is 0.533. The third kappa shape index (κ3) is 2.51. The van der Waals surface area contributed by atoms with Crippen LogP contribution in [0.25, 0.3) is 0 Å². The van der Waals surface area contributed by atoms with E-state index in [0.717, 1.165) is 31.5 Å². The molecule has 17 heavy (non-hydrogen) atoms. The number of rotatable bonds is 5. The number of carbonyl (C=O) groups excluding carboxylic acids is 1. The summed E-state index contributed by atoms with van der Waals surface area (Å²) in [6.07, 6.45) is 3.38. The molecule has 92 valence electrons. The van der Waals surface area contributed by atoms with Crippen LogP contribution in [0.3, 0.4) is 0 Å². The molecule has 2 nitrogen and oxygen atoms in total. The number of anilines is 1. The van der Waals surface area contributed by atoms with Crippen molar-refractivity contribution < 1.29 is 4.79 Å². The second-order valence-electron chi connectivity index (χ2n) is 4.71. The summed E-state index contributed by atoms with van der Waals surface area (Å²) < 4.78 is 0. The van der Waals surface area contributed by atoms with E-state index < -0.39 is 0 Å². The Bertz CT molecular complexity index is 374. The Kier molecular flexibility index (Phi) is 3.82. The minimum Gasteiger partial charge on any atom is -0.372 e. The largest absolute Gasteiger partial charge is 0.372 e. The molecule has 0 atom stereocenters. The minimum atomic E-state index is 0.300. The Labute approximate surface area is 104 Å². The van der Waals surface area contributed by atoms with Crippen molar-refractivity contribution in [1.29, 1.82) is 0 Å². The van der Waals surface area contributed by atoms with Crippen LogP contribution in [-0.4, -0.2) is 18.9 Å². The van der Waals surface area contributed by atoms with Gasteiger partial charge in [-0.3, -0.25) is 4.79 Å². The smallest absolute Gasteiger partial charge is 0.165 e. The topological polar surface area (TPSA) is 20.3 Å². The highest BCUT2D eigenvalue weighted by Crippen LogP contribution is 2.30. The van der Waals surface area contributed by atoms with Crippen molar-refractivity contribution in [3.63, 3.8) is 0 Å². The second kappa shape index (κ2) is 5.35. The number of ketones is 1. The summed E-state index contributed by atoms with van der Waals surface area (Å²) in [6, 6.07) is 8.10. The molecule has 0 aromatic heterocycles. The van der Waals surface area contributed by atoms with Gasteiger partial charge in [0, 0.05) is 30.3 Å². The van der Waals surface area contributed by atoms with Crippen molar-refractivity contribution in [1.82, 2.24) is 0 Å². The van der Waals surface area contributed by atoms with Crippen LogP contribution in [0.15, 0.2) is 24.3 Å². The Balaban J connectivity index is 2.09. The van der Waals surface area contributed by atoms with Crippen molar-refractivity contribution in [3.05, 3.63) is 29.8 Å². The highest BCUT2D eigenvalue weighted by Gasteiger charge is 2.25. The molecule has 0 bridgehead atoms. The molecule has 1 saturated carbocycles. The predicted molar refractivity (Wildman–Crippen MR) is 71.7 cm³/mol. The fourth-order valence-corrected chi connectivity index (χ4v) is 2.33. The van der Waals surface area contributed by atoms with E-state index in [2.05, 4.69) is 30.9 Å². The molecule has 1 aliphatic rings. The molecule has 0 radical (unpaired) electrons. The Morgan fingerprint density at radius 3 is 2.18 bits per heavy atom. The third-order valence-corrected chi connectivity index (χ3v) is 3.76. The van der Waals surface area contributed by atoms with Crippen LogP contribution in [0, 0.1) is 5.92 Å². The van der Waals surface area contributed by atoms with Gasteiger partial charge in [0.1, 0.15) is 0 Å². The maximum atomic E-state index is 12.0. The lowest BCUT2D eigenvalue weighted by molar-refractivity contribution is 0.0855. The van der Waals surface area contributed by atoms with Crippen LogP contribution in [0.5, 0.6) is 0 Å². The fourth-order valence-electron chi connectivity index (χ4n) is 2.33. The zero-order valence-corrected chi connectivity index (χ0v) is 10.8. The predicted octanol–water partition coefficient (Wildman–Crippen LogP) is 3.52. The number of hydrogen-bond donors (Lipinski definition) is 0. The van der Waals surface area contributed by atoms with Crippen LogP contribution < -0.4 is 4.90 Å². The van der Waals surface area contributed by atoms with Gasteiger partial charge in [0.2, 0.25) is 0 Å². The molecule has 0 heterocycles. The van der Waals surface area contributed by atoms with Gasteiger partial charge in [0.05, 0.1) is 0 Å². The Morgan fingerprint density at radius 2 is 1.76 bits per heavy atom. The number of Topliss-reactive ketones (excluding diaryl/α,β-unsaturated/α-hetero) is 1. The summed E-state index contributed by atoms with van der Waals surface area (Å²) in [6.45, 7) is 6.31. The van der Waals surface area contributed by atoms with E-state index in [1.807, 2.05) is 12.1 Å². The molecule has 0 N–H and O–H groups in total. The zero-order valence-electron chi connectivity index (χ0n) is 10.8.